The van der Waals surface area contributed by atoms with Crippen LogP contribution in [-0.4, -0.2) is 71.0 Å². The van der Waals surface area contributed by atoms with Crippen molar-refractivity contribution in [3.63, 3.8) is 0 Å². The Balaban J connectivity index is 1.78. The number of alkyl halides is 1. The number of nitrogens with one attached hydrogen (secondary N) is 1. The average molecular weight is 632 g/mol. The summed E-state index contributed by atoms with van der Waals surface area (Å²) in [5.74, 6) is 0.388. The van der Waals surface area contributed by atoms with Crippen molar-refractivity contribution in [1.29, 1.82) is 0 Å². The maximum absolute atomic E-state index is 13.1. The molecule has 7 nitrogen and oxygen atoms in total. The molecule has 1 fully saturated rings. The summed E-state index contributed by atoms with van der Waals surface area (Å²) in [4.78, 5) is 15.0. The fraction of sp³-hybridized carbons (Fsp3) is 0.611. The van der Waals surface area contributed by atoms with Crippen LogP contribution in [0.15, 0.2) is 35.5 Å². The molecule has 4 unspecified atom stereocenters. The zero-order valence-electron chi connectivity index (χ0n) is 16.2. The Labute approximate surface area is 195 Å². The van der Waals surface area contributed by atoms with Crippen LogP contribution in [0.2, 0.25) is 0 Å². The van der Waals surface area contributed by atoms with E-state index in [1.807, 2.05) is 47.9 Å². The van der Waals surface area contributed by atoms with Gasteiger partial charge in [0.1, 0.15) is 0 Å². The molecule has 4 atom stereocenters. The summed E-state index contributed by atoms with van der Waals surface area (Å²) in [5.41, 5.74) is 2.59. The quantitative estimate of drug-likeness (QED) is 0.278. The zero-order valence-corrected chi connectivity index (χ0v) is 21.3. The Kier molecular flexibility index (Phi) is 7.15. The molecule has 0 bridgehead atoms. The number of hydrogen-bond donors (Lipinski definition) is 1. The molecular weight excluding hydrogens is 606 g/mol. The first-order valence-electron chi connectivity index (χ1n) is 9.24. The molecule has 0 radical (unpaired) electrons. The van der Waals surface area contributed by atoms with Crippen molar-refractivity contribution in [3.8, 4) is 0 Å². The van der Waals surface area contributed by atoms with Crippen LogP contribution in [0, 0.1) is 11.8 Å². The van der Waals surface area contributed by atoms with Crippen molar-refractivity contribution in [1.82, 2.24) is 17.0 Å². The van der Waals surface area contributed by atoms with Gasteiger partial charge < -0.3 is 4.90 Å². The van der Waals surface area contributed by atoms with Crippen molar-refractivity contribution in [2.45, 2.75) is 22.8 Å². The number of halogens is 2. The van der Waals surface area contributed by atoms with Crippen molar-refractivity contribution in [2.75, 3.05) is 34.2 Å². The van der Waals surface area contributed by atoms with Crippen LogP contribution < -0.4 is 4.72 Å². The number of hydrogen-bond acceptors (Lipinski definition) is 4. The number of carbonyl (C=O) groups excluding carboxylic acids is 1. The van der Waals surface area contributed by atoms with Crippen LogP contribution in [0.1, 0.15) is 12.8 Å². The normalized spacial score (nSPS) is 28.6. The molecule has 1 saturated carbocycles. The van der Waals surface area contributed by atoms with Crippen molar-refractivity contribution >= 4 is 61.7 Å². The molecule has 10 heteroatoms. The third-order valence-electron chi connectivity index (χ3n) is 5.54. The summed E-state index contributed by atoms with van der Waals surface area (Å²) >= 11 is 4.48. The highest BCUT2D eigenvalue weighted by Gasteiger charge is 2.47. The molecule has 0 spiro atoms. The highest BCUT2D eigenvalue weighted by Crippen LogP contribution is 2.49. The van der Waals surface area contributed by atoms with Gasteiger partial charge in [-0.1, -0.05) is 52.5 Å². The fourth-order valence-electron chi connectivity index (χ4n) is 4.02. The minimum absolute atomic E-state index is 0.0720. The van der Waals surface area contributed by atoms with Crippen LogP contribution in [0.4, 0.5) is 4.79 Å². The van der Waals surface area contributed by atoms with E-state index in [0.29, 0.717) is 10.5 Å². The van der Waals surface area contributed by atoms with Crippen LogP contribution >= 0.6 is 45.5 Å². The van der Waals surface area contributed by atoms with E-state index in [-0.39, 0.29) is 24.4 Å². The van der Waals surface area contributed by atoms with Gasteiger partial charge in [-0.2, -0.15) is 13.1 Å². The molecule has 3 aliphatic rings. The minimum Gasteiger partial charge on any atom is -0.308 e. The van der Waals surface area contributed by atoms with Crippen LogP contribution in [0.3, 0.4) is 0 Å². The van der Waals surface area contributed by atoms with E-state index in [2.05, 4.69) is 45.5 Å². The highest BCUT2D eigenvalue weighted by atomic mass is 127. The molecule has 0 aromatic heterocycles. The first kappa shape index (κ1) is 22.5. The monoisotopic (exact) mass is 632 g/mol. The van der Waals surface area contributed by atoms with Gasteiger partial charge in [-0.25, -0.2) is 9.10 Å². The second kappa shape index (κ2) is 8.90. The van der Waals surface area contributed by atoms with Crippen molar-refractivity contribution < 1.29 is 13.2 Å². The number of likely N-dealkylation sites (N-methyl/N-ethyl adjacent to an activating group) is 1. The first-order chi connectivity index (χ1) is 13.1. The second-order valence-electron chi connectivity index (χ2n) is 7.63. The summed E-state index contributed by atoms with van der Waals surface area (Å²) in [6.07, 6.45) is 10.7. The first-order valence-corrected chi connectivity index (χ1v) is 12.9. The standard InChI is InChI=1S/C18H26I2N4O3S/c1-22(2)10-9-21-28(26,27)23(3)18(25)24(20)17-13-6-4-5-12(13)11-15-14(17)7-8-16(15)19/h4-6,11,13-14,16-17,21H,7-10H2,1-3H3. The number of rotatable bonds is 6. The molecule has 0 aromatic rings. The molecule has 2 amide bonds. The van der Waals surface area contributed by atoms with Crippen LogP contribution in [0.25, 0.3) is 0 Å². The van der Waals surface area contributed by atoms with Gasteiger partial charge in [-0.05, 0) is 32.5 Å². The minimum atomic E-state index is -3.88. The Morgan fingerprint density at radius 1 is 1.29 bits per heavy atom. The van der Waals surface area contributed by atoms with E-state index in [4.69, 9.17) is 0 Å². The Hall–Kier alpha value is -0.180. The fourth-order valence-corrected chi connectivity index (χ4v) is 7.06. The van der Waals surface area contributed by atoms with Crippen molar-refractivity contribution in [3.05, 3.63) is 35.5 Å². The van der Waals surface area contributed by atoms with E-state index >= 15 is 0 Å². The van der Waals surface area contributed by atoms with Crippen molar-refractivity contribution in [2.24, 2.45) is 11.8 Å². The number of urea groups is 1. The summed E-state index contributed by atoms with van der Waals surface area (Å²) in [6, 6.07) is -0.585. The largest absolute Gasteiger partial charge is 0.343 e. The Morgan fingerprint density at radius 3 is 2.68 bits per heavy atom. The lowest BCUT2D eigenvalue weighted by atomic mass is 9.76. The maximum Gasteiger partial charge on any atom is 0.343 e. The number of nitrogens with zero attached hydrogens (tertiary/aromatic N) is 3. The lowest BCUT2D eigenvalue weighted by Gasteiger charge is -2.40. The van der Waals surface area contributed by atoms with Gasteiger partial charge in [0.2, 0.25) is 0 Å². The van der Waals surface area contributed by atoms with Crippen LogP contribution in [-0.2, 0) is 10.2 Å². The molecule has 0 aliphatic heterocycles. The number of carbonyl (C=O) groups is 1. The molecule has 3 aliphatic carbocycles. The predicted molar refractivity (Wildman–Crippen MR) is 128 cm³/mol. The number of fused-ring (bicyclic) bond motifs is 2. The summed E-state index contributed by atoms with van der Waals surface area (Å²) in [7, 11) is 1.17. The summed E-state index contributed by atoms with van der Waals surface area (Å²) in [5, 5.41) is 0. The second-order valence-corrected chi connectivity index (χ2v) is 12.0. The topological polar surface area (TPSA) is 73.0 Å². The summed E-state index contributed by atoms with van der Waals surface area (Å²) in [6.45, 7) is 0.814. The molecule has 0 saturated heterocycles. The third kappa shape index (κ3) is 4.44. The lowest BCUT2D eigenvalue weighted by Crippen LogP contribution is -2.52. The van der Waals surface area contributed by atoms with Gasteiger partial charge >= 0.3 is 16.2 Å². The van der Waals surface area contributed by atoms with E-state index in [1.165, 1.54) is 18.2 Å². The van der Waals surface area contributed by atoms with Gasteiger partial charge in [0.25, 0.3) is 0 Å². The van der Waals surface area contributed by atoms with Crippen LogP contribution in [0.5, 0.6) is 0 Å². The zero-order chi connectivity index (χ0) is 20.6. The van der Waals surface area contributed by atoms with E-state index in [0.717, 1.165) is 17.1 Å². The van der Waals surface area contributed by atoms with Gasteiger partial charge in [-0.15, -0.1) is 0 Å². The van der Waals surface area contributed by atoms with Gasteiger partial charge in [0, 0.05) is 35.9 Å². The third-order valence-corrected chi connectivity index (χ3v) is 9.39. The predicted octanol–water partition coefficient (Wildman–Crippen LogP) is 2.72. The van der Waals surface area contributed by atoms with Gasteiger partial charge in [0.15, 0.2) is 0 Å². The molecule has 0 heterocycles. The number of amides is 2. The molecular formula is C18H26I2N4O3S. The average Bonchev–Trinajstić information content (AvgIpc) is 3.24. The molecule has 1 N–H and O–H groups in total. The lowest BCUT2D eigenvalue weighted by molar-refractivity contribution is 0.189. The Morgan fingerprint density at radius 2 is 2.00 bits per heavy atom. The molecule has 3 rings (SSSR count). The highest BCUT2D eigenvalue weighted by molar-refractivity contribution is 14.1. The van der Waals surface area contributed by atoms with E-state index < -0.39 is 16.2 Å². The molecule has 28 heavy (non-hydrogen) atoms. The molecule has 0 aromatic carbocycles. The van der Waals surface area contributed by atoms with E-state index in [9.17, 15) is 13.2 Å². The maximum atomic E-state index is 13.1. The van der Waals surface area contributed by atoms with Gasteiger partial charge in [0.05, 0.1) is 28.9 Å². The van der Waals surface area contributed by atoms with Gasteiger partial charge in [-0.3, -0.25) is 3.11 Å². The SMILES string of the molecule is CN(C)CCNS(=O)(=O)N(C)C(=O)N(I)C1C2C=CC=C2C=C2C(I)CCC21. The number of allylic oxidation sites excluding steroid dienone is 3. The smallest absolute Gasteiger partial charge is 0.308 e. The Bertz CT molecular complexity index is 825. The molecule has 156 valence electrons. The van der Waals surface area contributed by atoms with E-state index in [1.54, 1.807) is 3.11 Å². The summed E-state index contributed by atoms with van der Waals surface area (Å²) < 4.78 is 30.5.